The second kappa shape index (κ2) is 11.7. The number of hydrogen-bond acceptors (Lipinski definition) is 4. The molecule has 14 heteroatoms. The Morgan fingerprint density at radius 3 is 2.05 bits per heavy atom. The number of ether oxygens (including phenoxy) is 1. The fraction of sp³-hybridized carbons (Fsp3) is 0.520. The standard InChI is InChI=1S/C25H25F10NO3/c26-22(27,24(31,32)25(33,34)35)17-8-4-11-20(12-17)39-36(14-21(37)23(28,29)30)18-9-5-10-19(13-18)38-15-16-6-2-1-3-7-16/h4-5,8-13,16,21,37H,1-3,6-7,14-15H2. The Morgan fingerprint density at radius 1 is 0.821 bits per heavy atom. The molecule has 2 aromatic carbocycles. The van der Waals surface area contributed by atoms with Crippen LogP contribution in [0.1, 0.15) is 37.7 Å². The van der Waals surface area contributed by atoms with Crippen molar-refractivity contribution in [3.63, 3.8) is 0 Å². The van der Waals surface area contributed by atoms with Crippen LogP contribution in [-0.4, -0.2) is 42.6 Å². The summed E-state index contributed by atoms with van der Waals surface area (Å²) in [6.07, 6.45) is -9.63. The van der Waals surface area contributed by atoms with Gasteiger partial charge in [-0.05, 0) is 43.0 Å². The molecule has 0 aliphatic heterocycles. The van der Waals surface area contributed by atoms with E-state index in [-0.39, 0.29) is 23.4 Å². The summed E-state index contributed by atoms with van der Waals surface area (Å²) >= 11 is 0. The fourth-order valence-corrected chi connectivity index (χ4v) is 3.99. The summed E-state index contributed by atoms with van der Waals surface area (Å²) in [6, 6.07) is 7.36. The summed E-state index contributed by atoms with van der Waals surface area (Å²) in [5.41, 5.74) is -1.93. The number of benzene rings is 2. The zero-order valence-corrected chi connectivity index (χ0v) is 20.2. The molecule has 0 heterocycles. The van der Waals surface area contributed by atoms with Gasteiger partial charge in [-0.1, -0.05) is 37.5 Å². The van der Waals surface area contributed by atoms with Crippen LogP contribution in [0.5, 0.6) is 11.5 Å². The normalized spacial score (nSPS) is 16.6. The molecule has 1 fully saturated rings. The van der Waals surface area contributed by atoms with E-state index >= 15 is 0 Å². The van der Waals surface area contributed by atoms with Crippen molar-refractivity contribution in [1.82, 2.24) is 0 Å². The summed E-state index contributed by atoms with van der Waals surface area (Å²) in [6.45, 7) is -0.963. The zero-order valence-electron chi connectivity index (χ0n) is 20.2. The van der Waals surface area contributed by atoms with Gasteiger partial charge in [-0.2, -0.15) is 43.9 Å². The lowest BCUT2D eigenvalue weighted by Crippen LogP contribution is -2.50. The predicted molar refractivity (Wildman–Crippen MR) is 120 cm³/mol. The van der Waals surface area contributed by atoms with E-state index in [9.17, 15) is 49.0 Å². The highest BCUT2D eigenvalue weighted by Gasteiger charge is 2.73. The van der Waals surface area contributed by atoms with Crippen LogP contribution in [0.4, 0.5) is 49.6 Å². The minimum Gasteiger partial charge on any atom is -0.493 e. The van der Waals surface area contributed by atoms with Gasteiger partial charge in [0.1, 0.15) is 5.75 Å². The number of rotatable bonds is 10. The smallest absolute Gasteiger partial charge is 0.460 e. The Kier molecular flexibility index (Phi) is 9.18. The van der Waals surface area contributed by atoms with Crippen LogP contribution in [0.2, 0.25) is 0 Å². The van der Waals surface area contributed by atoms with Crippen molar-refractivity contribution >= 4 is 5.69 Å². The average Bonchev–Trinajstić information content (AvgIpc) is 2.86. The lowest BCUT2D eigenvalue weighted by Gasteiger charge is -2.30. The molecule has 1 N–H and O–H groups in total. The molecule has 39 heavy (non-hydrogen) atoms. The minimum atomic E-state index is -6.59. The molecular formula is C25H25F10NO3. The van der Waals surface area contributed by atoms with Crippen molar-refractivity contribution in [2.75, 3.05) is 18.2 Å². The van der Waals surface area contributed by atoms with Gasteiger partial charge < -0.3 is 14.7 Å². The molecular weight excluding hydrogens is 552 g/mol. The zero-order chi connectivity index (χ0) is 29.1. The highest BCUT2D eigenvalue weighted by atomic mass is 19.4. The van der Waals surface area contributed by atoms with E-state index in [1.165, 1.54) is 24.3 Å². The first kappa shape index (κ1) is 30.6. The van der Waals surface area contributed by atoms with E-state index in [0.717, 1.165) is 38.2 Å². The van der Waals surface area contributed by atoms with E-state index in [1.807, 2.05) is 0 Å². The molecule has 1 saturated carbocycles. The van der Waals surface area contributed by atoms with Gasteiger partial charge in [0.2, 0.25) is 0 Å². The molecule has 0 amide bonds. The number of nitrogens with zero attached hydrogens (tertiary/aromatic N) is 1. The van der Waals surface area contributed by atoms with Crippen LogP contribution in [-0.2, 0) is 5.92 Å². The van der Waals surface area contributed by atoms with E-state index in [0.29, 0.717) is 23.8 Å². The molecule has 1 aliphatic rings. The molecule has 1 aliphatic carbocycles. The minimum absolute atomic E-state index is 0.141. The van der Waals surface area contributed by atoms with Crippen LogP contribution in [0.25, 0.3) is 0 Å². The fourth-order valence-electron chi connectivity index (χ4n) is 3.99. The van der Waals surface area contributed by atoms with Crippen LogP contribution < -0.4 is 14.6 Å². The number of anilines is 1. The van der Waals surface area contributed by atoms with Gasteiger partial charge in [-0.15, -0.1) is 0 Å². The molecule has 3 rings (SSSR count). The van der Waals surface area contributed by atoms with Crippen LogP contribution >= 0.6 is 0 Å². The summed E-state index contributed by atoms with van der Waals surface area (Å²) in [5.74, 6) is -12.5. The summed E-state index contributed by atoms with van der Waals surface area (Å²) < 4.78 is 138. The Balaban J connectivity index is 1.88. The Bertz CT molecular complexity index is 1080. The second-order valence-electron chi connectivity index (χ2n) is 9.20. The lowest BCUT2D eigenvalue weighted by atomic mass is 9.90. The summed E-state index contributed by atoms with van der Waals surface area (Å²) in [4.78, 5) is 5.21. The maximum absolute atomic E-state index is 14.2. The highest BCUT2D eigenvalue weighted by molar-refractivity contribution is 5.50. The van der Waals surface area contributed by atoms with E-state index in [2.05, 4.69) is 0 Å². The number of aliphatic hydroxyl groups is 1. The third-order valence-corrected chi connectivity index (χ3v) is 6.20. The molecule has 0 bridgehead atoms. The van der Waals surface area contributed by atoms with Gasteiger partial charge in [-0.25, -0.2) is 5.06 Å². The van der Waals surface area contributed by atoms with Gasteiger partial charge >= 0.3 is 24.2 Å². The average molecular weight is 577 g/mol. The van der Waals surface area contributed by atoms with Crippen molar-refractivity contribution < 1.29 is 58.6 Å². The van der Waals surface area contributed by atoms with Gasteiger partial charge in [0.25, 0.3) is 0 Å². The predicted octanol–water partition coefficient (Wildman–Crippen LogP) is 7.66. The molecule has 0 radical (unpaired) electrons. The molecule has 4 nitrogen and oxygen atoms in total. The molecule has 0 saturated heterocycles. The van der Waals surface area contributed by atoms with Gasteiger partial charge in [0.15, 0.2) is 11.9 Å². The number of alkyl halides is 10. The van der Waals surface area contributed by atoms with Crippen molar-refractivity contribution in [2.24, 2.45) is 5.92 Å². The summed E-state index contributed by atoms with van der Waals surface area (Å²) in [5, 5.41) is 10.0. The molecule has 0 spiro atoms. The topological polar surface area (TPSA) is 41.9 Å². The number of hydrogen-bond donors (Lipinski definition) is 1. The van der Waals surface area contributed by atoms with Crippen molar-refractivity contribution in [2.45, 2.75) is 62.4 Å². The largest absolute Gasteiger partial charge is 0.493 e. The maximum atomic E-state index is 14.2. The highest BCUT2D eigenvalue weighted by Crippen LogP contribution is 2.52. The first-order valence-corrected chi connectivity index (χ1v) is 11.9. The van der Waals surface area contributed by atoms with E-state index in [1.54, 1.807) is 0 Å². The number of aliphatic hydroxyl groups excluding tert-OH is 1. The van der Waals surface area contributed by atoms with Gasteiger partial charge in [0, 0.05) is 11.6 Å². The van der Waals surface area contributed by atoms with Crippen molar-refractivity contribution in [1.29, 1.82) is 0 Å². The van der Waals surface area contributed by atoms with Crippen LogP contribution in [0.3, 0.4) is 0 Å². The molecule has 2 aromatic rings. The third kappa shape index (κ3) is 7.40. The number of halogens is 10. The van der Waals surface area contributed by atoms with Gasteiger partial charge in [0.05, 0.1) is 18.8 Å². The van der Waals surface area contributed by atoms with Crippen LogP contribution in [0.15, 0.2) is 48.5 Å². The SMILES string of the molecule is OC(CN(Oc1cccc(C(F)(F)C(F)(F)C(F)(F)F)c1)c1cccc(OCC2CCCCC2)c1)C(F)(F)F. The Hall–Kier alpha value is -2.90. The molecule has 218 valence electrons. The van der Waals surface area contributed by atoms with Gasteiger partial charge in [-0.3, -0.25) is 0 Å². The van der Waals surface area contributed by atoms with Crippen molar-refractivity contribution in [3.05, 3.63) is 54.1 Å². The molecule has 0 aromatic heterocycles. The summed E-state index contributed by atoms with van der Waals surface area (Å²) in [7, 11) is 0. The van der Waals surface area contributed by atoms with E-state index < -0.39 is 48.2 Å². The monoisotopic (exact) mass is 577 g/mol. The number of hydroxylamine groups is 1. The first-order chi connectivity index (χ1) is 18.0. The molecule has 1 unspecified atom stereocenters. The quantitative estimate of drug-likeness (QED) is 0.233. The Morgan fingerprint density at radius 2 is 1.44 bits per heavy atom. The second-order valence-corrected chi connectivity index (χ2v) is 9.20. The molecule has 1 atom stereocenters. The van der Waals surface area contributed by atoms with Crippen molar-refractivity contribution in [3.8, 4) is 11.5 Å². The Labute approximate surface area is 217 Å². The maximum Gasteiger partial charge on any atom is 0.460 e. The third-order valence-electron chi connectivity index (χ3n) is 6.20. The van der Waals surface area contributed by atoms with Crippen LogP contribution in [0, 0.1) is 5.92 Å². The lowest BCUT2D eigenvalue weighted by molar-refractivity contribution is -0.359. The first-order valence-electron chi connectivity index (χ1n) is 11.9. The van der Waals surface area contributed by atoms with E-state index in [4.69, 9.17) is 9.57 Å².